The number of aliphatic hydroxyl groups is 2. The van der Waals surface area contributed by atoms with Crippen LogP contribution in [0.5, 0.6) is 0 Å². The van der Waals surface area contributed by atoms with Gasteiger partial charge in [0.25, 0.3) is 5.56 Å². The highest BCUT2D eigenvalue weighted by Crippen LogP contribution is 2.61. The predicted molar refractivity (Wildman–Crippen MR) is 133 cm³/mol. The van der Waals surface area contributed by atoms with Gasteiger partial charge in [0.1, 0.15) is 24.4 Å². The van der Waals surface area contributed by atoms with E-state index in [1.807, 2.05) is 0 Å². The number of hydrogen-bond donors (Lipinski definition) is 6. The van der Waals surface area contributed by atoms with E-state index in [0.717, 1.165) is 4.57 Å². The largest absolute Gasteiger partial charge is 0.394 e. The molecule has 3 aromatic heterocycles. The summed E-state index contributed by atoms with van der Waals surface area (Å²) in [5.41, 5.74) is 10.1. The summed E-state index contributed by atoms with van der Waals surface area (Å²) in [6.07, 6.45) is -1.60. The molecule has 0 radical (unpaired) electrons. The van der Waals surface area contributed by atoms with Crippen LogP contribution in [0.4, 0.5) is 11.8 Å². The second-order valence-corrected chi connectivity index (χ2v) is 12.7. The third-order valence-corrected chi connectivity index (χ3v) is 9.59. The zero-order valence-electron chi connectivity index (χ0n) is 19.6. The molecule has 38 heavy (non-hydrogen) atoms. The minimum absolute atomic E-state index is 0.0351. The van der Waals surface area contributed by atoms with Crippen molar-refractivity contribution in [1.29, 1.82) is 0 Å². The zero-order chi connectivity index (χ0) is 27.2. The molecule has 2 aliphatic heterocycles. The third-order valence-electron chi connectivity index (χ3n) is 6.16. The van der Waals surface area contributed by atoms with E-state index in [-0.39, 0.29) is 35.8 Å². The van der Waals surface area contributed by atoms with E-state index in [2.05, 4.69) is 19.9 Å². The van der Waals surface area contributed by atoms with E-state index in [4.69, 9.17) is 25.5 Å². The molecule has 0 bridgehead atoms. The highest BCUT2D eigenvalue weighted by molar-refractivity contribution is 8.55. The van der Waals surface area contributed by atoms with Crippen LogP contribution in [0, 0.1) is 0 Å². The van der Waals surface area contributed by atoms with Crippen LogP contribution in [0.15, 0.2) is 28.2 Å². The van der Waals surface area contributed by atoms with Crippen LogP contribution in [0.2, 0.25) is 0 Å². The quantitative estimate of drug-likeness (QED) is 0.171. The van der Waals surface area contributed by atoms with Gasteiger partial charge in [0, 0.05) is 24.3 Å². The highest BCUT2D eigenvalue weighted by atomic mass is 32.7. The van der Waals surface area contributed by atoms with Crippen molar-refractivity contribution >= 4 is 41.1 Å². The van der Waals surface area contributed by atoms with Gasteiger partial charge in [0.2, 0.25) is 5.95 Å². The fraction of sp³-hybridized carbons (Fsp3) is 0.526. The van der Waals surface area contributed by atoms with Crippen molar-refractivity contribution in [3.63, 3.8) is 0 Å². The van der Waals surface area contributed by atoms with Gasteiger partial charge in [0.15, 0.2) is 11.2 Å². The number of aliphatic hydroxyl groups excluding tert-OH is 2. The van der Waals surface area contributed by atoms with Gasteiger partial charge in [-0.15, -0.1) is 0 Å². The molecule has 0 amide bonds. The molecule has 2 fully saturated rings. The molecule has 206 valence electrons. The summed E-state index contributed by atoms with van der Waals surface area (Å²) >= 11 is 0.582. The Bertz CT molecular complexity index is 1500. The third kappa shape index (κ3) is 5.34. The van der Waals surface area contributed by atoms with Crippen LogP contribution in [-0.4, -0.2) is 81.0 Å². The second-order valence-electron chi connectivity index (χ2n) is 8.71. The maximum atomic E-state index is 12.9. The Kier molecular flexibility index (Phi) is 7.31. The Labute approximate surface area is 217 Å². The van der Waals surface area contributed by atoms with Crippen LogP contribution >= 0.6 is 18.2 Å². The van der Waals surface area contributed by atoms with Crippen molar-refractivity contribution in [2.45, 2.75) is 48.9 Å². The molecule has 3 aromatic rings. The predicted octanol–water partition coefficient (Wildman–Crippen LogP) is -1.31. The van der Waals surface area contributed by atoms with Crippen molar-refractivity contribution in [3.8, 4) is 0 Å². The maximum Gasteiger partial charge on any atom is 0.387 e. The number of nitrogen functional groups attached to an aromatic ring is 2. The summed E-state index contributed by atoms with van der Waals surface area (Å²) in [4.78, 5) is 48.7. The average molecular weight is 572 g/mol. The van der Waals surface area contributed by atoms with Gasteiger partial charge in [-0.3, -0.25) is 23.4 Å². The lowest BCUT2D eigenvalue weighted by molar-refractivity contribution is -0.0415. The number of rotatable bonds is 8. The topological polar surface area (TPSA) is 256 Å². The minimum Gasteiger partial charge on any atom is -0.394 e. The standard InChI is InChI=1S/C19H25N8O9PS/c20-12-1-2-26(19(31)23-12)13-3-8(29)10(36-13)6-34-37(32,33)38-11-4-14(35-9(11)5-28)27-7-22-15-16(27)24-18(21)25-17(15)30/h1-2,7-11,13-14,28-29H,3-6H2,(H,32,33)(H2,20,23,31)(H3,21,24,25,30)/t8-,9+,10+,11-,13+,14+/m0/s1. The fourth-order valence-electron chi connectivity index (χ4n) is 4.35. The fourth-order valence-corrected chi connectivity index (χ4v) is 7.68. The Morgan fingerprint density at radius 2 is 1.92 bits per heavy atom. The molecule has 8 N–H and O–H groups in total. The van der Waals surface area contributed by atoms with Gasteiger partial charge in [-0.1, -0.05) is 0 Å². The Morgan fingerprint density at radius 3 is 2.66 bits per heavy atom. The lowest BCUT2D eigenvalue weighted by Crippen LogP contribution is -2.28. The molecule has 5 rings (SSSR count). The minimum atomic E-state index is -4.32. The number of nitrogens with two attached hydrogens (primary N) is 2. The van der Waals surface area contributed by atoms with Crippen molar-refractivity contribution in [2.75, 3.05) is 24.7 Å². The van der Waals surface area contributed by atoms with Crippen molar-refractivity contribution in [3.05, 3.63) is 39.4 Å². The molecule has 0 saturated carbocycles. The number of fused-ring (bicyclic) bond motifs is 1. The van der Waals surface area contributed by atoms with Gasteiger partial charge >= 0.3 is 12.5 Å². The number of H-pyrrole nitrogens is 1. The van der Waals surface area contributed by atoms with Gasteiger partial charge in [-0.25, -0.2) is 14.3 Å². The normalized spacial score (nSPS) is 29.1. The molecule has 7 atom stereocenters. The first-order valence-electron chi connectivity index (χ1n) is 11.4. The van der Waals surface area contributed by atoms with Gasteiger partial charge in [0.05, 0.1) is 31.7 Å². The first kappa shape index (κ1) is 26.8. The molecule has 5 heterocycles. The molecule has 0 aliphatic carbocycles. The number of anilines is 2. The zero-order valence-corrected chi connectivity index (χ0v) is 21.3. The Balaban J connectivity index is 1.23. The van der Waals surface area contributed by atoms with Gasteiger partial charge in [-0.2, -0.15) is 9.97 Å². The molecule has 1 unspecified atom stereocenters. The number of aromatic nitrogens is 6. The maximum absolute atomic E-state index is 12.9. The van der Waals surface area contributed by atoms with E-state index in [1.165, 1.54) is 23.2 Å². The van der Waals surface area contributed by atoms with Crippen LogP contribution in [0.1, 0.15) is 25.3 Å². The molecule has 17 nitrogen and oxygen atoms in total. The molecule has 2 saturated heterocycles. The molecule has 0 spiro atoms. The number of aromatic amines is 1. The Morgan fingerprint density at radius 1 is 1.18 bits per heavy atom. The van der Waals surface area contributed by atoms with Crippen LogP contribution in [0.25, 0.3) is 11.2 Å². The summed E-state index contributed by atoms with van der Waals surface area (Å²) in [6.45, 7) is -5.21. The van der Waals surface area contributed by atoms with E-state index in [9.17, 15) is 29.3 Å². The number of nitrogens with zero attached hydrogens (tertiary/aromatic N) is 5. The summed E-state index contributed by atoms with van der Waals surface area (Å²) in [5, 5.41) is 19.5. The van der Waals surface area contributed by atoms with E-state index < -0.39 is 67.3 Å². The van der Waals surface area contributed by atoms with E-state index >= 15 is 0 Å². The lowest BCUT2D eigenvalue weighted by atomic mass is 10.2. The van der Waals surface area contributed by atoms with Crippen LogP contribution in [-0.2, 0) is 18.6 Å². The van der Waals surface area contributed by atoms with Crippen molar-refractivity contribution in [1.82, 2.24) is 29.1 Å². The number of ether oxygens (including phenoxy) is 2. The van der Waals surface area contributed by atoms with Gasteiger partial charge < -0.3 is 36.0 Å². The summed E-state index contributed by atoms with van der Waals surface area (Å²) in [7, 11) is 0. The molecule has 2 aliphatic rings. The second kappa shape index (κ2) is 10.4. The summed E-state index contributed by atoms with van der Waals surface area (Å²) < 4.78 is 32.2. The monoisotopic (exact) mass is 572 g/mol. The van der Waals surface area contributed by atoms with Gasteiger partial charge in [-0.05, 0) is 17.4 Å². The summed E-state index contributed by atoms with van der Waals surface area (Å²) in [6, 6.07) is 1.41. The Hall–Kier alpha value is -2.83. The average Bonchev–Trinajstić information content (AvgIpc) is 3.54. The van der Waals surface area contributed by atoms with Crippen LogP contribution in [0.3, 0.4) is 0 Å². The number of hydrogen-bond acceptors (Lipinski definition) is 14. The molecule has 0 aromatic carbocycles. The highest BCUT2D eigenvalue weighted by Gasteiger charge is 2.43. The van der Waals surface area contributed by atoms with Crippen LogP contribution < -0.4 is 22.7 Å². The lowest BCUT2D eigenvalue weighted by Gasteiger charge is -2.21. The molecule has 19 heteroatoms. The first-order chi connectivity index (χ1) is 18.0. The van der Waals surface area contributed by atoms with E-state index in [1.54, 1.807) is 0 Å². The smallest absolute Gasteiger partial charge is 0.387 e. The first-order valence-corrected chi connectivity index (χ1v) is 14.4. The molecular weight excluding hydrogens is 547 g/mol. The van der Waals surface area contributed by atoms with Crippen molar-refractivity contribution in [2.24, 2.45) is 0 Å². The number of imidazole rings is 1. The van der Waals surface area contributed by atoms with Crippen molar-refractivity contribution < 1.29 is 33.7 Å². The SMILES string of the molecule is Nc1ccn([C@H]2C[C@H](O)[C@@H](COP(=O)(O)S[C@H]3C[C@H](n4cnc5c(=O)[nH]c(N)nc54)O[C@@H]3CO)O2)c(=O)n1. The number of nitrogens with one attached hydrogen (secondary N) is 1. The van der Waals surface area contributed by atoms with E-state index in [0.29, 0.717) is 11.4 Å². The summed E-state index contributed by atoms with van der Waals surface area (Å²) in [5.74, 6) is -0.0752. The molecular formula is C19H25N8O9PS.